The van der Waals surface area contributed by atoms with E-state index in [1.54, 1.807) is 0 Å². The predicted molar refractivity (Wildman–Crippen MR) is 153 cm³/mol. The Morgan fingerprint density at radius 1 is 0.605 bits per heavy atom. The summed E-state index contributed by atoms with van der Waals surface area (Å²) in [5.74, 6) is 1.37. The van der Waals surface area contributed by atoms with Crippen LogP contribution in [0.4, 0.5) is 10.5 Å². The molecule has 0 bridgehead atoms. The summed E-state index contributed by atoms with van der Waals surface area (Å²) in [5, 5.41) is 8.03. The Balaban J connectivity index is 1.21. The van der Waals surface area contributed by atoms with Crippen molar-refractivity contribution >= 4 is 22.5 Å². The van der Waals surface area contributed by atoms with E-state index in [2.05, 4.69) is 10.6 Å². The molecule has 0 aromatic heterocycles. The van der Waals surface area contributed by atoms with Crippen molar-refractivity contribution in [1.29, 1.82) is 0 Å². The monoisotopic (exact) mass is 502 g/mol. The number of benzene rings is 5. The quantitative estimate of drug-likeness (QED) is 0.210. The third-order valence-electron chi connectivity index (χ3n) is 6.22. The number of carbonyl (C=O) groups excluding carboxylic acids is 1. The van der Waals surface area contributed by atoms with Crippen molar-refractivity contribution < 1.29 is 14.3 Å². The molecule has 0 radical (unpaired) electrons. The van der Waals surface area contributed by atoms with Crippen LogP contribution in [0.2, 0.25) is 0 Å². The summed E-state index contributed by atoms with van der Waals surface area (Å²) in [5.41, 5.74) is 4.01. The molecule has 5 aromatic carbocycles. The van der Waals surface area contributed by atoms with E-state index in [1.165, 1.54) is 0 Å². The highest BCUT2D eigenvalue weighted by atomic mass is 16.5. The lowest BCUT2D eigenvalue weighted by atomic mass is 10.1. The highest BCUT2D eigenvalue weighted by Crippen LogP contribution is 2.30. The highest BCUT2D eigenvalue weighted by molar-refractivity contribution is 6.01. The van der Waals surface area contributed by atoms with Gasteiger partial charge in [-0.25, -0.2) is 4.79 Å². The Labute approximate surface area is 223 Å². The van der Waals surface area contributed by atoms with Crippen molar-refractivity contribution in [3.8, 4) is 11.5 Å². The fourth-order valence-corrected chi connectivity index (χ4v) is 4.23. The molecule has 5 heteroatoms. The van der Waals surface area contributed by atoms with Crippen LogP contribution in [0.5, 0.6) is 11.5 Å². The van der Waals surface area contributed by atoms with Crippen molar-refractivity contribution in [3.63, 3.8) is 0 Å². The zero-order chi connectivity index (χ0) is 26.0. The molecule has 38 heavy (non-hydrogen) atoms. The van der Waals surface area contributed by atoms with Gasteiger partial charge in [0, 0.05) is 11.9 Å². The molecule has 5 rings (SSSR count). The molecular weight excluding hydrogens is 472 g/mol. The van der Waals surface area contributed by atoms with Gasteiger partial charge in [-0.3, -0.25) is 0 Å². The minimum Gasteiger partial charge on any atom is -0.485 e. The van der Waals surface area contributed by atoms with E-state index in [4.69, 9.17) is 9.47 Å². The fraction of sp³-hybridized carbons (Fsp3) is 0.121. The normalized spacial score (nSPS) is 10.6. The number of anilines is 1. The van der Waals surface area contributed by atoms with Gasteiger partial charge in [-0.1, -0.05) is 103 Å². The van der Waals surface area contributed by atoms with Gasteiger partial charge in [0.05, 0.1) is 5.69 Å². The van der Waals surface area contributed by atoms with Gasteiger partial charge in [-0.05, 0) is 46.7 Å². The van der Waals surface area contributed by atoms with Gasteiger partial charge in [0.2, 0.25) is 0 Å². The van der Waals surface area contributed by atoms with Crippen LogP contribution < -0.4 is 20.1 Å². The van der Waals surface area contributed by atoms with E-state index in [0.717, 1.165) is 33.2 Å². The molecule has 0 saturated heterocycles. The SMILES string of the molecule is O=C(NCCc1ccc(OCc2ccccc2)c(OCc2ccccc2)c1)Nc1cccc2ccccc12. The number of hydrogen-bond acceptors (Lipinski definition) is 3. The predicted octanol–water partition coefficient (Wildman–Crippen LogP) is 7.36. The van der Waals surface area contributed by atoms with E-state index in [9.17, 15) is 4.79 Å². The maximum atomic E-state index is 12.6. The number of ether oxygens (including phenoxy) is 2. The standard InChI is InChI=1S/C33H30N2O3/c36-33(35-30-17-9-15-28-14-7-8-16-29(28)30)34-21-20-25-18-19-31(37-23-26-10-3-1-4-11-26)32(22-25)38-24-27-12-5-2-6-13-27/h1-19,22H,20-21,23-24H2,(H2,34,35,36). The van der Waals surface area contributed by atoms with Gasteiger partial charge in [-0.2, -0.15) is 0 Å². The zero-order valence-corrected chi connectivity index (χ0v) is 21.1. The van der Waals surface area contributed by atoms with E-state index in [0.29, 0.717) is 37.7 Å². The van der Waals surface area contributed by atoms with Gasteiger partial charge in [-0.15, -0.1) is 0 Å². The number of hydrogen-bond donors (Lipinski definition) is 2. The van der Waals surface area contributed by atoms with E-state index in [-0.39, 0.29) is 6.03 Å². The second-order valence-electron chi connectivity index (χ2n) is 8.99. The minimum atomic E-state index is -0.232. The Kier molecular flexibility index (Phi) is 8.17. The van der Waals surface area contributed by atoms with Crippen molar-refractivity contribution in [2.75, 3.05) is 11.9 Å². The molecule has 5 aromatic rings. The lowest BCUT2D eigenvalue weighted by Gasteiger charge is -2.15. The van der Waals surface area contributed by atoms with Crippen LogP contribution in [0.1, 0.15) is 16.7 Å². The number of urea groups is 1. The molecule has 0 aliphatic rings. The van der Waals surface area contributed by atoms with Gasteiger partial charge in [0.15, 0.2) is 11.5 Å². The Bertz CT molecular complexity index is 1480. The lowest BCUT2D eigenvalue weighted by Crippen LogP contribution is -2.30. The summed E-state index contributed by atoms with van der Waals surface area (Å²) in [6.07, 6.45) is 0.656. The second kappa shape index (κ2) is 12.5. The van der Waals surface area contributed by atoms with E-state index >= 15 is 0 Å². The molecule has 0 spiro atoms. The van der Waals surface area contributed by atoms with Crippen LogP contribution in [0.25, 0.3) is 10.8 Å². The summed E-state index contributed by atoms with van der Waals surface area (Å²) in [4.78, 5) is 12.6. The molecule has 2 amide bonds. The number of fused-ring (bicyclic) bond motifs is 1. The molecule has 2 N–H and O–H groups in total. The molecule has 5 nitrogen and oxygen atoms in total. The van der Waals surface area contributed by atoms with Crippen molar-refractivity contribution in [1.82, 2.24) is 5.32 Å². The lowest BCUT2D eigenvalue weighted by molar-refractivity contribution is 0.252. The number of carbonyl (C=O) groups is 1. The zero-order valence-electron chi connectivity index (χ0n) is 21.1. The molecule has 0 heterocycles. The first kappa shape index (κ1) is 24.9. The van der Waals surface area contributed by atoms with Crippen molar-refractivity contribution in [3.05, 3.63) is 138 Å². The number of amides is 2. The average molecular weight is 503 g/mol. The number of nitrogens with one attached hydrogen (secondary N) is 2. The summed E-state index contributed by atoms with van der Waals surface area (Å²) in [6, 6.07) is 39.7. The van der Waals surface area contributed by atoms with Gasteiger partial charge >= 0.3 is 6.03 Å². The van der Waals surface area contributed by atoms with Gasteiger partial charge in [0.25, 0.3) is 0 Å². The van der Waals surface area contributed by atoms with E-state index in [1.807, 2.05) is 121 Å². The van der Waals surface area contributed by atoms with Crippen molar-refractivity contribution in [2.24, 2.45) is 0 Å². The second-order valence-corrected chi connectivity index (χ2v) is 8.99. The van der Waals surface area contributed by atoms with Crippen LogP contribution in [0.3, 0.4) is 0 Å². The third kappa shape index (κ3) is 6.71. The molecule has 0 unspecified atom stereocenters. The molecule has 0 fully saturated rings. The summed E-state index contributed by atoms with van der Waals surface area (Å²) in [6.45, 7) is 1.38. The van der Waals surface area contributed by atoms with Crippen LogP contribution in [0, 0.1) is 0 Å². The Hall–Kier alpha value is -4.77. The maximum Gasteiger partial charge on any atom is 0.319 e. The highest BCUT2D eigenvalue weighted by Gasteiger charge is 2.10. The minimum absolute atomic E-state index is 0.232. The summed E-state index contributed by atoms with van der Waals surface area (Å²) in [7, 11) is 0. The van der Waals surface area contributed by atoms with Crippen LogP contribution in [-0.4, -0.2) is 12.6 Å². The third-order valence-corrected chi connectivity index (χ3v) is 6.22. The molecule has 190 valence electrons. The summed E-state index contributed by atoms with van der Waals surface area (Å²) < 4.78 is 12.3. The topological polar surface area (TPSA) is 59.6 Å². The largest absolute Gasteiger partial charge is 0.485 e. The average Bonchev–Trinajstić information content (AvgIpc) is 2.97. The molecule has 0 aliphatic carbocycles. The number of rotatable bonds is 10. The first-order valence-electron chi connectivity index (χ1n) is 12.7. The fourth-order valence-electron chi connectivity index (χ4n) is 4.23. The van der Waals surface area contributed by atoms with Crippen LogP contribution >= 0.6 is 0 Å². The summed E-state index contributed by atoms with van der Waals surface area (Å²) >= 11 is 0. The first-order chi connectivity index (χ1) is 18.7. The van der Waals surface area contributed by atoms with Gasteiger partial charge < -0.3 is 20.1 Å². The molecule has 0 atom stereocenters. The smallest absolute Gasteiger partial charge is 0.319 e. The molecule has 0 saturated carbocycles. The van der Waals surface area contributed by atoms with Gasteiger partial charge in [0.1, 0.15) is 13.2 Å². The van der Waals surface area contributed by atoms with E-state index < -0.39 is 0 Å². The molecular formula is C33H30N2O3. The van der Waals surface area contributed by atoms with Crippen molar-refractivity contribution in [2.45, 2.75) is 19.6 Å². The van der Waals surface area contributed by atoms with Crippen LogP contribution in [-0.2, 0) is 19.6 Å². The maximum absolute atomic E-state index is 12.6. The first-order valence-corrected chi connectivity index (χ1v) is 12.7. The van der Waals surface area contributed by atoms with Crippen LogP contribution in [0.15, 0.2) is 121 Å². The Morgan fingerprint density at radius 3 is 1.97 bits per heavy atom. The molecule has 0 aliphatic heterocycles. The Morgan fingerprint density at radius 2 is 1.24 bits per heavy atom.